The molecule has 2 fully saturated rings. The Labute approximate surface area is 148 Å². The molecule has 5 atom stereocenters. The van der Waals surface area contributed by atoms with Crippen LogP contribution in [-0.2, 0) is 19.1 Å². The first-order chi connectivity index (χ1) is 11.7. The van der Waals surface area contributed by atoms with Crippen LogP contribution in [0.1, 0.15) is 40.0 Å². The average molecular weight is 342 g/mol. The molecule has 1 heterocycles. The Hall–Kier alpha value is -1.84. The quantitative estimate of drug-likeness (QED) is 0.566. The number of esters is 1. The van der Waals surface area contributed by atoms with E-state index in [1.807, 2.05) is 12.2 Å². The van der Waals surface area contributed by atoms with Gasteiger partial charge in [0, 0.05) is 23.8 Å². The van der Waals surface area contributed by atoms with Crippen LogP contribution in [0.4, 0.5) is 0 Å². The van der Waals surface area contributed by atoms with Crippen molar-refractivity contribution < 1.29 is 19.1 Å². The van der Waals surface area contributed by atoms with Crippen LogP contribution in [0.3, 0.4) is 0 Å². The molecule has 1 spiro atoms. The van der Waals surface area contributed by atoms with Gasteiger partial charge in [-0.05, 0) is 35.2 Å². The third-order valence-corrected chi connectivity index (χ3v) is 7.54. The van der Waals surface area contributed by atoms with Crippen LogP contribution in [0.25, 0.3) is 0 Å². The van der Waals surface area contributed by atoms with Crippen molar-refractivity contribution in [3.63, 3.8) is 0 Å². The Bertz CT molecular complexity index is 743. The summed E-state index contributed by atoms with van der Waals surface area (Å²) >= 11 is 0. The van der Waals surface area contributed by atoms with Gasteiger partial charge < -0.3 is 9.47 Å². The summed E-state index contributed by atoms with van der Waals surface area (Å²) in [5.41, 5.74) is -0.0365. The van der Waals surface area contributed by atoms with E-state index in [-0.39, 0.29) is 34.9 Å². The Balaban J connectivity index is 2.04. The second-order valence-electron chi connectivity index (χ2n) is 8.93. The second kappa shape index (κ2) is 4.87. The summed E-state index contributed by atoms with van der Waals surface area (Å²) in [6.45, 7) is 10.5. The van der Waals surface area contributed by atoms with E-state index in [0.29, 0.717) is 6.42 Å². The highest BCUT2D eigenvalue weighted by atomic mass is 16.7. The van der Waals surface area contributed by atoms with Gasteiger partial charge in [-0.1, -0.05) is 32.9 Å². The Morgan fingerprint density at radius 3 is 2.68 bits per heavy atom. The molecule has 4 aliphatic carbocycles. The number of fused-ring (bicyclic) bond motifs is 1. The zero-order chi connectivity index (χ0) is 18.2. The van der Waals surface area contributed by atoms with Crippen molar-refractivity contribution in [2.45, 2.75) is 40.0 Å². The van der Waals surface area contributed by atoms with E-state index in [1.54, 1.807) is 0 Å². The molecule has 0 N–H and O–H groups in total. The van der Waals surface area contributed by atoms with E-state index in [0.717, 1.165) is 18.4 Å². The molecule has 0 aromatic carbocycles. The lowest BCUT2D eigenvalue weighted by Gasteiger charge is -2.65. The number of carbonyl (C=O) groups is 2. The summed E-state index contributed by atoms with van der Waals surface area (Å²) in [5.74, 6) is -0.0943. The molecular formula is C21H26O4. The van der Waals surface area contributed by atoms with Crippen LogP contribution in [0.2, 0.25) is 0 Å². The number of ketones is 1. The zero-order valence-corrected chi connectivity index (χ0v) is 15.4. The molecule has 2 bridgehead atoms. The van der Waals surface area contributed by atoms with Gasteiger partial charge in [-0.3, -0.25) is 9.59 Å². The molecule has 5 aliphatic rings. The number of hydrogen-bond donors (Lipinski definition) is 0. The van der Waals surface area contributed by atoms with Crippen LogP contribution in [0.15, 0.2) is 36.3 Å². The zero-order valence-electron chi connectivity index (χ0n) is 15.4. The topological polar surface area (TPSA) is 52.6 Å². The molecule has 25 heavy (non-hydrogen) atoms. The number of methoxy groups -OCH3 is 1. The molecule has 4 heteroatoms. The first-order valence-corrected chi connectivity index (χ1v) is 9.06. The summed E-state index contributed by atoms with van der Waals surface area (Å²) in [7, 11) is 1.51. The fourth-order valence-corrected chi connectivity index (χ4v) is 6.35. The van der Waals surface area contributed by atoms with Gasteiger partial charge in [0.25, 0.3) is 5.95 Å². The van der Waals surface area contributed by atoms with E-state index in [9.17, 15) is 9.59 Å². The molecule has 0 aromatic heterocycles. The first-order valence-electron chi connectivity index (χ1n) is 9.06. The van der Waals surface area contributed by atoms with Gasteiger partial charge in [0.05, 0.1) is 13.0 Å². The predicted octanol–water partition coefficient (Wildman–Crippen LogP) is 3.79. The van der Waals surface area contributed by atoms with Crippen molar-refractivity contribution in [2.75, 3.05) is 7.11 Å². The smallest absolute Gasteiger partial charge is 0.318 e. The summed E-state index contributed by atoms with van der Waals surface area (Å²) in [6, 6.07) is 0. The van der Waals surface area contributed by atoms with Gasteiger partial charge in [0.2, 0.25) is 0 Å². The average Bonchev–Trinajstić information content (AvgIpc) is 2.67. The van der Waals surface area contributed by atoms with Crippen LogP contribution in [-0.4, -0.2) is 18.9 Å². The molecule has 0 radical (unpaired) electrons. The van der Waals surface area contributed by atoms with Gasteiger partial charge in [0.15, 0.2) is 0 Å². The number of carbonyl (C=O) groups excluding carboxylic acids is 2. The van der Waals surface area contributed by atoms with Crippen molar-refractivity contribution in [2.24, 2.45) is 34.0 Å². The van der Waals surface area contributed by atoms with Gasteiger partial charge in [-0.15, -0.1) is 6.58 Å². The molecule has 0 aromatic rings. The van der Waals surface area contributed by atoms with Crippen molar-refractivity contribution in [1.29, 1.82) is 0 Å². The second-order valence-corrected chi connectivity index (χ2v) is 8.93. The molecular weight excluding hydrogens is 316 g/mol. The van der Waals surface area contributed by atoms with Gasteiger partial charge >= 0.3 is 5.97 Å². The summed E-state index contributed by atoms with van der Waals surface area (Å²) < 4.78 is 10.9. The van der Waals surface area contributed by atoms with Crippen LogP contribution >= 0.6 is 0 Å². The predicted molar refractivity (Wildman–Crippen MR) is 93.1 cm³/mol. The number of hydrogen-bond acceptors (Lipinski definition) is 4. The lowest BCUT2D eigenvalue weighted by atomic mass is 9.36. The van der Waals surface area contributed by atoms with Gasteiger partial charge in [-0.25, -0.2) is 0 Å². The minimum atomic E-state index is -0.520. The van der Waals surface area contributed by atoms with E-state index in [1.165, 1.54) is 7.11 Å². The van der Waals surface area contributed by atoms with E-state index >= 15 is 0 Å². The number of cyclic esters (lactones) is 1. The monoisotopic (exact) mass is 342 g/mol. The molecule has 134 valence electrons. The number of allylic oxidation sites excluding steroid dienone is 4. The van der Waals surface area contributed by atoms with E-state index < -0.39 is 16.7 Å². The molecule has 1 aliphatic heterocycles. The molecule has 4 nitrogen and oxygen atoms in total. The van der Waals surface area contributed by atoms with Crippen molar-refractivity contribution in [3.8, 4) is 0 Å². The minimum Gasteiger partial charge on any atom is -0.468 e. The highest BCUT2D eigenvalue weighted by Gasteiger charge is 2.70. The minimum absolute atomic E-state index is 0.106. The molecule has 5 rings (SSSR count). The molecule has 0 unspecified atom stereocenters. The molecule has 0 amide bonds. The highest BCUT2D eigenvalue weighted by molar-refractivity contribution is 5.91. The van der Waals surface area contributed by atoms with E-state index in [4.69, 9.17) is 9.47 Å². The Morgan fingerprint density at radius 1 is 1.32 bits per heavy atom. The lowest BCUT2D eigenvalue weighted by molar-refractivity contribution is -0.179. The maximum absolute atomic E-state index is 13.2. The maximum Gasteiger partial charge on any atom is 0.318 e. The number of ether oxygens (including phenoxy) is 2. The van der Waals surface area contributed by atoms with Crippen LogP contribution in [0, 0.1) is 34.0 Å². The van der Waals surface area contributed by atoms with Crippen LogP contribution in [0.5, 0.6) is 0 Å². The third-order valence-electron chi connectivity index (χ3n) is 7.54. The highest BCUT2D eigenvalue weighted by Crippen LogP contribution is 2.71. The number of Topliss-reactive ketones (excluding diaryl/α,β-unsaturated/α-hetero) is 1. The van der Waals surface area contributed by atoms with Crippen LogP contribution < -0.4 is 0 Å². The molecule has 2 saturated carbocycles. The number of rotatable bonds is 2. The third kappa shape index (κ3) is 1.83. The van der Waals surface area contributed by atoms with E-state index in [2.05, 4.69) is 33.4 Å². The first kappa shape index (κ1) is 16.6. The fourth-order valence-electron chi connectivity index (χ4n) is 6.35. The van der Waals surface area contributed by atoms with Gasteiger partial charge in [0.1, 0.15) is 5.78 Å². The largest absolute Gasteiger partial charge is 0.468 e. The Kier molecular flexibility index (Phi) is 3.23. The lowest BCUT2D eigenvalue weighted by Crippen LogP contribution is -2.64. The van der Waals surface area contributed by atoms with Crippen molar-refractivity contribution in [3.05, 3.63) is 36.3 Å². The van der Waals surface area contributed by atoms with Gasteiger partial charge in [-0.2, -0.15) is 0 Å². The molecule has 0 saturated heterocycles. The summed E-state index contributed by atoms with van der Waals surface area (Å²) in [4.78, 5) is 26.1. The maximum atomic E-state index is 13.2. The van der Waals surface area contributed by atoms with Crippen molar-refractivity contribution in [1.82, 2.24) is 0 Å². The standard InChI is InChI=1S/C21H26O4/c1-6-20(4)8-7-15-19(2,3)13-9-12-10-16(24-5)25-18(23)17(20)21(12,15)11-14(13)22/h6,9-10,13,15,17H,1,7-8,11H2,2-5H3/t13-,15+,17+,20+,21+/m1/s1. The summed E-state index contributed by atoms with van der Waals surface area (Å²) in [6.07, 6.45) is 8.07. The normalized spacial score (nSPS) is 44.1. The fraction of sp³-hybridized carbons (Fsp3) is 0.619. The van der Waals surface area contributed by atoms with Crippen molar-refractivity contribution >= 4 is 11.8 Å². The summed E-state index contributed by atoms with van der Waals surface area (Å²) in [5, 5.41) is 0. The Morgan fingerprint density at radius 2 is 2.04 bits per heavy atom. The SMILES string of the molecule is C=C[C@@]1(C)CC[C@H]2C(C)(C)[C@@H]3C=C4C=C(OC)OC(=O)[C@@H]1[C@@]42CC3=O.